The van der Waals surface area contributed by atoms with Crippen LogP contribution in [0.1, 0.15) is 17.0 Å². The third-order valence-corrected chi connectivity index (χ3v) is 5.94. The molecular weight excluding hydrogens is 479 g/mol. The van der Waals surface area contributed by atoms with Gasteiger partial charge < -0.3 is 0 Å². The Bertz CT molecular complexity index is 1590. The summed E-state index contributed by atoms with van der Waals surface area (Å²) in [6, 6.07) is 15.0. The summed E-state index contributed by atoms with van der Waals surface area (Å²) in [4.78, 5) is 20.9. The molecule has 0 unspecified atom stereocenters. The van der Waals surface area contributed by atoms with Crippen molar-refractivity contribution in [1.29, 1.82) is 0 Å². The molecule has 0 aliphatic carbocycles. The molecule has 0 amide bonds. The largest absolute Gasteiger partial charge is 0.433 e. The molecule has 0 atom stereocenters. The predicted molar refractivity (Wildman–Crippen MR) is 126 cm³/mol. The first-order valence-electron chi connectivity index (χ1n) is 10.5. The maximum absolute atomic E-state index is 13.2. The predicted octanol–water partition coefficient (Wildman–Crippen LogP) is 5.65. The van der Waals surface area contributed by atoms with Crippen molar-refractivity contribution in [3.05, 3.63) is 106 Å². The second kappa shape index (κ2) is 8.66. The van der Waals surface area contributed by atoms with Crippen molar-refractivity contribution in [1.82, 2.24) is 24.1 Å². The fourth-order valence-electron chi connectivity index (χ4n) is 3.93. The van der Waals surface area contributed by atoms with Crippen LogP contribution in [0.25, 0.3) is 27.9 Å². The van der Waals surface area contributed by atoms with Crippen LogP contribution in [0.15, 0.2) is 78.0 Å². The van der Waals surface area contributed by atoms with Crippen molar-refractivity contribution in [3.8, 4) is 22.3 Å². The van der Waals surface area contributed by atoms with Crippen LogP contribution in [0, 0.1) is 6.92 Å². The SMILES string of the molecule is Cc1nc(C(F)(F)F)ccc1Cn1nc2c(-c3ccncc3)c(-c3ccc(Cl)cc3)ccn2c1=O. The zero-order chi connectivity index (χ0) is 24.7. The molecule has 0 spiro atoms. The Morgan fingerprint density at radius 3 is 2.31 bits per heavy atom. The van der Waals surface area contributed by atoms with Gasteiger partial charge in [0.2, 0.25) is 0 Å². The van der Waals surface area contributed by atoms with Gasteiger partial charge in [0, 0.05) is 34.9 Å². The van der Waals surface area contributed by atoms with Gasteiger partial charge in [0.05, 0.1) is 6.54 Å². The van der Waals surface area contributed by atoms with Gasteiger partial charge >= 0.3 is 11.9 Å². The Morgan fingerprint density at radius 1 is 0.943 bits per heavy atom. The molecule has 0 N–H and O–H groups in total. The van der Waals surface area contributed by atoms with Crippen LogP contribution in [-0.4, -0.2) is 24.1 Å². The van der Waals surface area contributed by atoms with Gasteiger partial charge in [-0.15, -0.1) is 5.10 Å². The van der Waals surface area contributed by atoms with Gasteiger partial charge in [0.15, 0.2) is 5.65 Å². The minimum absolute atomic E-state index is 0.0243. The molecular formula is C25H17ClF3N5O. The van der Waals surface area contributed by atoms with Crippen LogP contribution in [0.5, 0.6) is 0 Å². The van der Waals surface area contributed by atoms with Gasteiger partial charge in [-0.25, -0.2) is 18.9 Å². The van der Waals surface area contributed by atoms with E-state index in [9.17, 15) is 18.0 Å². The van der Waals surface area contributed by atoms with Crippen molar-refractivity contribution in [2.75, 3.05) is 0 Å². The second-order valence-corrected chi connectivity index (χ2v) is 8.36. The van der Waals surface area contributed by atoms with Gasteiger partial charge in [-0.05, 0) is 65.6 Å². The zero-order valence-corrected chi connectivity index (χ0v) is 19.0. The van der Waals surface area contributed by atoms with E-state index in [0.29, 0.717) is 16.2 Å². The van der Waals surface area contributed by atoms with Crippen molar-refractivity contribution in [3.63, 3.8) is 0 Å². The summed E-state index contributed by atoms with van der Waals surface area (Å²) in [5.74, 6) is 0. The normalized spacial score (nSPS) is 11.8. The molecule has 0 saturated carbocycles. The summed E-state index contributed by atoms with van der Waals surface area (Å²) >= 11 is 6.06. The van der Waals surface area contributed by atoms with Crippen LogP contribution in [0.4, 0.5) is 13.2 Å². The van der Waals surface area contributed by atoms with Gasteiger partial charge in [-0.1, -0.05) is 29.8 Å². The number of alkyl halides is 3. The first-order valence-corrected chi connectivity index (χ1v) is 10.9. The Kier molecular flexibility index (Phi) is 5.64. The van der Waals surface area contributed by atoms with E-state index in [1.807, 2.05) is 30.3 Å². The highest BCUT2D eigenvalue weighted by Crippen LogP contribution is 2.35. The quantitative estimate of drug-likeness (QED) is 0.323. The lowest BCUT2D eigenvalue weighted by atomic mass is 9.96. The molecule has 0 aliphatic heterocycles. The lowest BCUT2D eigenvalue weighted by Gasteiger charge is -2.11. The van der Waals surface area contributed by atoms with Gasteiger partial charge in [0.1, 0.15) is 5.69 Å². The Balaban J connectivity index is 1.67. The fraction of sp³-hybridized carbons (Fsp3) is 0.120. The van der Waals surface area contributed by atoms with Crippen molar-refractivity contribution < 1.29 is 13.2 Å². The third kappa shape index (κ3) is 4.30. The first kappa shape index (κ1) is 22.8. The fourth-order valence-corrected chi connectivity index (χ4v) is 4.06. The molecule has 35 heavy (non-hydrogen) atoms. The van der Waals surface area contributed by atoms with Gasteiger partial charge in [-0.2, -0.15) is 13.2 Å². The number of hydrogen-bond acceptors (Lipinski definition) is 4. The van der Waals surface area contributed by atoms with Crippen LogP contribution in [0.2, 0.25) is 5.02 Å². The standard InChI is InChI=1S/C25H17ClF3N5O/c1-15-18(4-7-21(31-15)25(27,28)29)14-34-24(35)33-13-10-20(16-2-5-19(26)6-3-16)22(23(33)32-34)17-8-11-30-12-9-17/h2-13H,14H2,1H3. The van der Waals surface area contributed by atoms with E-state index in [1.54, 1.807) is 30.7 Å². The topological polar surface area (TPSA) is 65.1 Å². The molecule has 4 aromatic heterocycles. The first-order chi connectivity index (χ1) is 16.7. The molecule has 6 nitrogen and oxygen atoms in total. The Hall–Kier alpha value is -3.98. The molecule has 0 aliphatic rings. The average Bonchev–Trinajstić information content (AvgIpc) is 3.15. The Morgan fingerprint density at radius 2 is 1.66 bits per heavy atom. The Labute approximate surface area is 202 Å². The maximum atomic E-state index is 13.2. The lowest BCUT2D eigenvalue weighted by Crippen LogP contribution is -2.22. The number of benzene rings is 1. The van der Waals surface area contributed by atoms with Gasteiger partial charge in [0.25, 0.3) is 0 Å². The monoisotopic (exact) mass is 495 g/mol. The van der Waals surface area contributed by atoms with Gasteiger partial charge in [-0.3, -0.25) is 4.98 Å². The second-order valence-electron chi connectivity index (χ2n) is 7.92. The summed E-state index contributed by atoms with van der Waals surface area (Å²) < 4.78 is 41.6. The van der Waals surface area contributed by atoms with Crippen LogP contribution < -0.4 is 5.69 Å². The summed E-state index contributed by atoms with van der Waals surface area (Å²) in [7, 11) is 0. The van der Waals surface area contributed by atoms with Crippen molar-refractivity contribution >= 4 is 17.2 Å². The van der Waals surface area contributed by atoms with E-state index >= 15 is 0 Å². The van der Waals surface area contributed by atoms with Crippen LogP contribution >= 0.6 is 11.6 Å². The number of halogens is 4. The minimum atomic E-state index is -4.54. The van der Waals surface area contributed by atoms with E-state index in [1.165, 1.54) is 22.1 Å². The molecule has 0 fully saturated rings. The number of aromatic nitrogens is 5. The summed E-state index contributed by atoms with van der Waals surface area (Å²) in [6.07, 6.45) is 0.391. The highest BCUT2D eigenvalue weighted by atomic mass is 35.5. The number of fused-ring (bicyclic) bond motifs is 1. The molecule has 0 saturated heterocycles. The van der Waals surface area contributed by atoms with E-state index in [2.05, 4.69) is 15.1 Å². The molecule has 5 rings (SSSR count). The molecule has 0 bridgehead atoms. The average molecular weight is 496 g/mol. The molecule has 5 aromatic rings. The molecule has 10 heteroatoms. The maximum Gasteiger partial charge on any atom is 0.433 e. The van der Waals surface area contributed by atoms with E-state index in [-0.39, 0.29) is 12.2 Å². The summed E-state index contributed by atoms with van der Waals surface area (Å²) in [5, 5.41) is 5.17. The van der Waals surface area contributed by atoms with Crippen molar-refractivity contribution in [2.45, 2.75) is 19.6 Å². The number of rotatable bonds is 4. The molecule has 4 heterocycles. The highest BCUT2D eigenvalue weighted by Gasteiger charge is 2.32. The van der Waals surface area contributed by atoms with Crippen molar-refractivity contribution in [2.24, 2.45) is 0 Å². The minimum Gasteiger partial charge on any atom is -0.265 e. The molecule has 1 aromatic carbocycles. The third-order valence-electron chi connectivity index (χ3n) is 5.68. The van der Waals surface area contributed by atoms with Crippen LogP contribution in [0.3, 0.4) is 0 Å². The summed E-state index contributed by atoms with van der Waals surface area (Å²) in [5.41, 5.74) is 2.90. The number of nitrogens with zero attached hydrogens (tertiary/aromatic N) is 5. The molecule has 0 radical (unpaired) electrons. The van der Waals surface area contributed by atoms with E-state index in [4.69, 9.17) is 11.6 Å². The summed E-state index contributed by atoms with van der Waals surface area (Å²) in [6.45, 7) is 1.45. The molecule has 176 valence electrons. The van der Waals surface area contributed by atoms with E-state index in [0.717, 1.165) is 28.3 Å². The zero-order valence-electron chi connectivity index (χ0n) is 18.3. The van der Waals surface area contributed by atoms with E-state index < -0.39 is 17.6 Å². The smallest absolute Gasteiger partial charge is 0.265 e. The number of aryl methyl sites for hydroxylation is 1. The lowest BCUT2D eigenvalue weighted by molar-refractivity contribution is -0.141. The number of pyridine rings is 3. The van der Waals surface area contributed by atoms with Crippen LogP contribution in [-0.2, 0) is 12.7 Å². The number of hydrogen-bond donors (Lipinski definition) is 0. The highest BCUT2D eigenvalue weighted by molar-refractivity contribution is 6.30.